The molecule has 0 unspecified atom stereocenters. The van der Waals surface area contributed by atoms with E-state index in [9.17, 15) is 19.2 Å². The van der Waals surface area contributed by atoms with Crippen LogP contribution in [0.5, 0.6) is 0 Å². The Balaban J connectivity index is 2.05. The number of hydrogen-bond donors (Lipinski definition) is 3. The minimum Gasteiger partial charge on any atom is -0.460 e. The van der Waals surface area contributed by atoms with Gasteiger partial charge < -0.3 is 24.8 Å². The maximum atomic E-state index is 12.9. The number of nitrogens with zero attached hydrogens (tertiary/aromatic N) is 1. The smallest absolute Gasteiger partial charge is 0.408 e. The van der Waals surface area contributed by atoms with E-state index in [4.69, 9.17) is 19.6 Å². The van der Waals surface area contributed by atoms with Crippen molar-refractivity contribution in [3.63, 3.8) is 0 Å². The molecule has 37 heavy (non-hydrogen) atoms. The van der Waals surface area contributed by atoms with Gasteiger partial charge in [0.2, 0.25) is 5.91 Å². The lowest BCUT2D eigenvalue weighted by Gasteiger charge is -2.24. The van der Waals surface area contributed by atoms with Crippen LogP contribution in [0.4, 0.5) is 9.93 Å². The van der Waals surface area contributed by atoms with Crippen molar-refractivity contribution in [1.82, 2.24) is 10.3 Å². The summed E-state index contributed by atoms with van der Waals surface area (Å²) in [5.74, 6) is -2.33. The van der Waals surface area contributed by atoms with Crippen LogP contribution in [0.1, 0.15) is 59.2 Å². The molecule has 3 N–H and O–H groups in total. The number of rotatable bonds is 9. The fourth-order valence-electron chi connectivity index (χ4n) is 2.75. The molecule has 2 amide bonds. The number of ether oxygens (including phenoxy) is 3. The molecule has 12 heteroatoms. The highest BCUT2D eigenvalue weighted by atomic mass is 32.1. The molecule has 200 valence electrons. The van der Waals surface area contributed by atoms with Crippen LogP contribution in [0, 0.1) is 5.41 Å². The molecule has 0 fully saturated rings. The van der Waals surface area contributed by atoms with Gasteiger partial charge in [0, 0.05) is 5.38 Å². The second-order valence-corrected chi connectivity index (χ2v) is 10.8. The number of amides is 2. The molecule has 11 nitrogen and oxygen atoms in total. The first-order valence-electron chi connectivity index (χ1n) is 11.4. The van der Waals surface area contributed by atoms with Crippen molar-refractivity contribution in [2.24, 2.45) is 0 Å². The van der Waals surface area contributed by atoms with Gasteiger partial charge in [0.05, 0.1) is 6.42 Å². The van der Waals surface area contributed by atoms with Crippen LogP contribution in [-0.4, -0.2) is 51.9 Å². The number of aromatic nitrogens is 1. The normalized spacial score (nSPS) is 12.2. The number of carbonyl (C=O) groups is 4. The van der Waals surface area contributed by atoms with Gasteiger partial charge in [-0.2, -0.15) is 0 Å². The van der Waals surface area contributed by atoms with Gasteiger partial charge in [0.1, 0.15) is 29.5 Å². The predicted molar refractivity (Wildman–Crippen MR) is 137 cm³/mol. The van der Waals surface area contributed by atoms with E-state index in [0.717, 1.165) is 16.9 Å². The zero-order valence-corrected chi connectivity index (χ0v) is 22.5. The van der Waals surface area contributed by atoms with Crippen LogP contribution in [0.3, 0.4) is 0 Å². The summed E-state index contributed by atoms with van der Waals surface area (Å²) in [7, 11) is 0. The first-order chi connectivity index (χ1) is 17.1. The lowest BCUT2D eigenvalue weighted by Crippen LogP contribution is -2.47. The van der Waals surface area contributed by atoms with Gasteiger partial charge in [-0.25, -0.2) is 14.6 Å². The molecule has 0 aliphatic rings. The molecule has 0 spiro atoms. The number of anilines is 1. The number of carbonyl (C=O) groups excluding carboxylic acids is 4. The van der Waals surface area contributed by atoms with Crippen molar-refractivity contribution in [3.05, 3.63) is 47.0 Å². The minimum atomic E-state index is -1.33. The van der Waals surface area contributed by atoms with Crippen molar-refractivity contribution < 1.29 is 33.4 Å². The van der Waals surface area contributed by atoms with E-state index in [0.29, 0.717) is 0 Å². The van der Waals surface area contributed by atoms with E-state index in [1.165, 1.54) is 5.38 Å². The maximum absolute atomic E-state index is 12.9. The Kier molecular flexibility index (Phi) is 9.89. The number of thiazole rings is 1. The van der Waals surface area contributed by atoms with Gasteiger partial charge in [-0.1, -0.05) is 30.3 Å². The van der Waals surface area contributed by atoms with E-state index >= 15 is 0 Å². The zero-order valence-electron chi connectivity index (χ0n) is 21.7. The quantitative estimate of drug-likeness (QED) is 0.250. The summed E-state index contributed by atoms with van der Waals surface area (Å²) in [6, 6.07) is 7.68. The average Bonchev–Trinajstić information content (AvgIpc) is 3.23. The number of alkyl carbamates (subject to hydrolysis) is 1. The predicted octanol–water partition coefficient (Wildman–Crippen LogP) is 3.82. The van der Waals surface area contributed by atoms with Crippen molar-refractivity contribution in [2.45, 2.75) is 71.8 Å². The molecule has 0 saturated carbocycles. The lowest BCUT2D eigenvalue weighted by atomic mass is 10.1. The largest absolute Gasteiger partial charge is 0.460 e. The van der Waals surface area contributed by atoms with Crippen LogP contribution in [0.25, 0.3) is 0 Å². The minimum absolute atomic E-state index is 0.00152. The fraction of sp³-hybridized carbons (Fsp3) is 0.440. The Morgan fingerprint density at radius 1 is 1.00 bits per heavy atom. The molecule has 0 aliphatic carbocycles. The summed E-state index contributed by atoms with van der Waals surface area (Å²) in [5, 5.41) is 14.4. The van der Waals surface area contributed by atoms with Crippen LogP contribution < -0.4 is 10.6 Å². The Morgan fingerprint density at radius 2 is 1.62 bits per heavy atom. The summed E-state index contributed by atoms with van der Waals surface area (Å²) in [6.07, 6.45) is -1.35. The van der Waals surface area contributed by atoms with Gasteiger partial charge in [-0.05, 0) is 47.1 Å². The molecule has 1 heterocycles. The second kappa shape index (κ2) is 12.4. The van der Waals surface area contributed by atoms with Crippen LogP contribution in [-0.2, 0) is 35.2 Å². The Bertz CT molecular complexity index is 1100. The van der Waals surface area contributed by atoms with Crippen molar-refractivity contribution in [1.29, 1.82) is 5.41 Å². The second-order valence-electron chi connectivity index (χ2n) is 9.95. The Labute approximate surface area is 219 Å². The number of nitrogens with one attached hydrogen (secondary N) is 3. The summed E-state index contributed by atoms with van der Waals surface area (Å²) in [4.78, 5) is 53.9. The number of esters is 2. The molecule has 0 radical (unpaired) electrons. The van der Waals surface area contributed by atoms with E-state index < -0.39 is 53.3 Å². The van der Waals surface area contributed by atoms with Crippen molar-refractivity contribution >= 4 is 46.1 Å². The molecule has 0 bridgehead atoms. The molecule has 2 aromatic rings. The van der Waals surface area contributed by atoms with Gasteiger partial charge in [-0.15, -0.1) is 11.3 Å². The topological polar surface area (TPSA) is 157 Å². The molecule has 2 rings (SSSR count). The first-order valence-corrected chi connectivity index (χ1v) is 12.3. The van der Waals surface area contributed by atoms with Crippen LogP contribution in [0.15, 0.2) is 35.7 Å². The first kappa shape index (κ1) is 29.4. The molecule has 0 aliphatic heterocycles. The maximum Gasteiger partial charge on any atom is 0.408 e. The standard InChI is InChI=1S/C25H32N4O7S/c1-24(2,3)35-18(30)12-16(28-23(33)36-25(4,5)6)20(31)29-22-27-17(14-37-22)19(26)21(32)34-13-15-10-8-7-9-11-15/h7-11,14,16,26H,12-13H2,1-6H3,(H,28,33)(H,27,29,31)/t16-/m0/s1. The van der Waals surface area contributed by atoms with Crippen molar-refractivity contribution in [3.8, 4) is 0 Å². The monoisotopic (exact) mass is 532 g/mol. The van der Waals surface area contributed by atoms with Gasteiger partial charge >= 0.3 is 18.0 Å². The SMILES string of the molecule is CC(C)(C)OC(=O)C[C@H](NC(=O)OC(C)(C)C)C(=O)Nc1nc(C(=N)C(=O)OCc2ccccc2)cs1. The molecule has 1 aromatic carbocycles. The molecular formula is C25H32N4O7S. The zero-order chi connectivity index (χ0) is 27.8. The van der Waals surface area contributed by atoms with Crippen molar-refractivity contribution in [2.75, 3.05) is 5.32 Å². The van der Waals surface area contributed by atoms with E-state index in [-0.39, 0.29) is 17.4 Å². The van der Waals surface area contributed by atoms with Crippen LogP contribution >= 0.6 is 11.3 Å². The molecule has 1 atom stereocenters. The van der Waals surface area contributed by atoms with E-state index in [1.54, 1.807) is 65.8 Å². The highest BCUT2D eigenvalue weighted by Crippen LogP contribution is 2.18. The van der Waals surface area contributed by atoms with Gasteiger partial charge in [0.15, 0.2) is 10.8 Å². The van der Waals surface area contributed by atoms with Gasteiger partial charge in [-0.3, -0.25) is 15.0 Å². The third kappa shape index (κ3) is 10.8. The fourth-order valence-corrected chi connectivity index (χ4v) is 3.45. The molecule has 0 saturated heterocycles. The average molecular weight is 533 g/mol. The number of hydrogen-bond acceptors (Lipinski definition) is 10. The highest BCUT2D eigenvalue weighted by Gasteiger charge is 2.30. The van der Waals surface area contributed by atoms with E-state index in [1.807, 2.05) is 6.07 Å². The summed E-state index contributed by atoms with van der Waals surface area (Å²) < 4.78 is 15.6. The highest BCUT2D eigenvalue weighted by molar-refractivity contribution is 7.14. The lowest BCUT2D eigenvalue weighted by molar-refractivity contribution is -0.156. The van der Waals surface area contributed by atoms with E-state index in [2.05, 4.69) is 15.6 Å². The number of benzene rings is 1. The van der Waals surface area contributed by atoms with Gasteiger partial charge in [0.25, 0.3) is 0 Å². The third-order valence-electron chi connectivity index (χ3n) is 4.21. The Hall–Kier alpha value is -3.80. The summed E-state index contributed by atoms with van der Waals surface area (Å²) in [5.41, 5.74) is -1.32. The van der Waals surface area contributed by atoms with Crippen LogP contribution in [0.2, 0.25) is 0 Å². The third-order valence-corrected chi connectivity index (χ3v) is 4.96. The Morgan fingerprint density at radius 3 is 2.22 bits per heavy atom. The molecule has 1 aromatic heterocycles. The summed E-state index contributed by atoms with van der Waals surface area (Å²) >= 11 is 0.961. The summed E-state index contributed by atoms with van der Waals surface area (Å²) in [6.45, 7) is 10.0. The molecular weight excluding hydrogens is 500 g/mol.